The molecule has 0 aliphatic rings. The molecule has 6 heteroatoms. The molecule has 0 radical (unpaired) electrons. The number of aryl methyl sites for hydroxylation is 1. The predicted octanol–water partition coefficient (Wildman–Crippen LogP) is 1.57. The molecule has 1 aromatic carbocycles. The summed E-state index contributed by atoms with van der Waals surface area (Å²) in [6.07, 6.45) is 3.51. The van der Waals surface area contributed by atoms with E-state index in [1.54, 1.807) is 10.9 Å². The minimum absolute atomic E-state index is 0.00953. The number of aliphatic carboxylic acids is 1. The molecule has 0 saturated heterocycles. The van der Waals surface area contributed by atoms with Gasteiger partial charge in [0.2, 0.25) is 5.91 Å². The third-order valence-corrected chi connectivity index (χ3v) is 3.08. The maximum Gasteiger partial charge on any atom is 0.303 e. The van der Waals surface area contributed by atoms with Crippen LogP contribution in [0.3, 0.4) is 0 Å². The monoisotopic (exact) mass is 287 g/mol. The van der Waals surface area contributed by atoms with E-state index in [1.165, 1.54) is 0 Å². The summed E-state index contributed by atoms with van der Waals surface area (Å²) in [4.78, 5) is 22.0. The Bertz CT molecular complexity index is 649. The number of carboxylic acid groups (broad SMARTS) is 1. The fraction of sp³-hybridized carbons (Fsp3) is 0.267. The minimum Gasteiger partial charge on any atom is -0.481 e. The third kappa shape index (κ3) is 4.17. The minimum atomic E-state index is -0.971. The first-order valence-electron chi connectivity index (χ1n) is 6.61. The zero-order valence-corrected chi connectivity index (χ0v) is 11.7. The van der Waals surface area contributed by atoms with Crippen LogP contribution in [0.15, 0.2) is 36.7 Å². The number of carbonyl (C=O) groups is 2. The first-order valence-corrected chi connectivity index (χ1v) is 6.61. The molecule has 0 bridgehead atoms. The highest BCUT2D eigenvalue weighted by Crippen LogP contribution is 2.22. The van der Waals surface area contributed by atoms with Crippen LogP contribution in [0.4, 0.5) is 0 Å². The van der Waals surface area contributed by atoms with Crippen LogP contribution in [0.25, 0.3) is 11.1 Å². The second kappa shape index (κ2) is 6.69. The molecule has 0 aliphatic carbocycles. The molecule has 1 aromatic heterocycles. The van der Waals surface area contributed by atoms with Crippen molar-refractivity contribution in [3.63, 3.8) is 0 Å². The van der Waals surface area contributed by atoms with Crippen LogP contribution in [0.2, 0.25) is 0 Å². The molecule has 0 saturated carbocycles. The molecule has 110 valence electrons. The van der Waals surface area contributed by atoms with Gasteiger partial charge in [0.25, 0.3) is 0 Å². The van der Waals surface area contributed by atoms with Gasteiger partial charge in [-0.3, -0.25) is 14.3 Å². The first-order chi connectivity index (χ1) is 10.1. The molecule has 0 fully saturated rings. The lowest BCUT2D eigenvalue weighted by Gasteiger charge is -2.09. The molecule has 1 amide bonds. The van der Waals surface area contributed by atoms with Crippen LogP contribution in [-0.4, -0.2) is 26.8 Å². The van der Waals surface area contributed by atoms with E-state index in [2.05, 4.69) is 10.4 Å². The maximum absolute atomic E-state index is 11.6. The van der Waals surface area contributed by atoms with Gasteiger partial charge < -0.3 is 10.4 Å². The lowest BCUT2D eigenvalue weighted by atomic mass is 10.0. The number of hydrogen-bond acceptors (Lipinski definition) is 3. The number of aromatic nitrogens is 2. The smallest absolute Gasteiger partial charge is 0.303 e. The molecule has 0 aliphatic heterocycles. The van der Waals surface area contributed by atoms with Gasteiger partial charge in [-0.15, -0.1) is 0 Å². The van der Waals surface area contributed by atoms with Crippen molar-refractivity contribution in [1.82, 2.24) is 15.1 Å². The Hall–Kier alpha value is -2.63. The van der Waals surface area contributed by atoms with Crippen molar-refractivity contribution in [2.24, 2.45) is 7.05 Å². The second-order valence-corrected chi connectivity index (χ2v) is 4.73. The Morgan fingerprint density at radius 1 is 1.29 bits per heavy atom. The van der Waals surface area contributed by atoms with Crippen molar-refractivity contribution >= 4 is 11.9 Å². The third-order valence-electron chi connectivity index (χ3n) is 3.08. The van der Waals surface area contributed by atoms with Crippen molar-refractivity contribution < 1.29 is 14.7 Å². The summed E-state index contributed by atoms with van der Waals surface area (Å²) < 4.78 is 1.72. The van der Waals surface area contributed by atoms with Crippen LogP contribution in [0.5, 0.6) is 0 Å². The van der Waals surface area contributed by atoms with Gasteiger partial charge in [-0.25, -0.2) is 0 Å². The highest BCUT2D eigenvalue weighted by atomic mass is 16.4. The zero-order chi connectivity index (χ0) is 15.2. The number of carboxylic acids is 1. The van der Waals surface area contributed by atoms with Gasteiger partial charge in [-0.1, -0.05) is 24.3 Å². The van der Waals surface area contributed by atoms with E-state index in [4.69, 9.17) is 5.11 Å². The molecule has 0 spiro atoms. The lowest BCUT2D eigenvalue weighted by molar-refractivity contribution is -0.138. The summed E-state index contributed by atoms with van der Waals surface area (Å²) >= 11 is 0. The summed E-state index contributed by atoms with van der Waals surface area (Å²) in [5.41, 5.74) is 2.95. The van der Waals surface area contributed by atoms with Crippen LogP contribution in [0.1, 0.15) is 18.4 Å². The van der Waals surface area contributed by atoms with Gasteiger partial charge in [0.15, 0.2) is 0 Å². The summed E-state index contributed by atoms with van der Waals surface area (Å²) in [6.45, 7) is 0.365. The molecular weight excluding hydrogens is 270 g/mol. The van der Waals surface area contributed by atoms with E-state index in [-0.39, 0.29) is 18.7 Å². The van der Waals surface area contributed by atoms with Crippen LogP contribution >= 0.6 is 0 Å². The molecule has 1 heterocycles. The number of rotatable bonds is 6. The maximum atomic E-state index is 11.6. The quantitative estimate of drug-likeness (QED) is 0.844. The summed E-state index contributed by atoms with van der Waals surface area (Å²) in [7, 11) is 1.85. The molecule has 21 heavy (non-hydrogen) atoms. The van der Waals surface area contributed by atoms with Crippen LogP contribution in [-0.2, 0) is 23.2 Å². The first kappa shape index (κ1) is 14.8. The Morgan fingerprint density at radius 2 is 2.05 bits per heavy atom. The number of carbonyl (C=O) groups excluding carboxylic acids is 1. The number of benzene rings is 1. The summed E-state index contributed by atoms with van der Waals surface area (Å²) in [5, 5.41) is 15.4. The average Bonchev–Trinajstić information content (AvgIpc) is 2.89. The SMILES string of the molecule is Cn1cc(-c2ccccc2CNC(=O)CCC(=O)O)cn1. The molecule has 2 aromatic rings. The van der Waals surface area contributed by atoms with E-state index in [1.807, 2.05) is 37.5 Å². The predicted molar refractivity (Wildman–Crippen MR) is 77.4 cm³/mol. The fourth-order valence-corrected chi connectivity index (χ4v) is 2.02. The highest BCUT2D eigenvalue weighted by molar-refractivity contribution is 5.80. The van der Waals surface area contributed by atoms with E-state index in [9.17, 15) is 9.59 Å². The molecule has 0 unspecified atom stereocenters. The molecular formula is C15H17N3O3. The van der Waals surface area contributed by atoms with Gasteiger partial charge >= 0.3 is 5.97 Å². The Labute approximate surface area is 122 Å². The number of nitrogens with one attached hydrogen (secondary N) is 1. The molecule has 6 nitrogen and oxygen atoms in total. The van der Waals surface area contributed by atoms with Crippen molar-refractivity contribution in [3.8, 4) is 11.1 Å². The topological polar surface area (TPSA) is 84.2 Å². The normalized spacial score (nSPS) is 10.3. The van der Waals surface area contributed by atoms with E-state index in [0.717, 1.165) is 16.7 Å². The van der Waals surface area contributed by atoms with Gasteiger partial charge in [-0.05, 0) is 11.1 Å². The van der Waals surface area contributed by atoms with Crippen molar-refractivity contribution in [3.05, 3.63) is 42.2 Å². The number of hydrogen-bond donors (Lipinski definition) is 2. The molecule has 0 atom stereocenters. The highest BCUT2D eigenvalue weighted by Gasteiger charge is 2.09. The number of amides is 1. The fourth-order valence-electron chi connectivity index (χ4n) is 2.02. The van der Waals surface area contributed by atoms with E-state index >= 15 is 0 Å². The molecule has 2 N–H and O–H groups in total. The van der Waals surface area contributed by atoms with E-state index in [0.29, 0.717) is 6.54 Å². The van der Waals surface area contributed by atoms with E-state index < -0.39 is 5.97 Å². The Balaban J connectivity index is 2.04. The van der Waals surface area contributed by atoms with Gasteiger partial charge in [0.1, 0.15) is 0 Å². The Kier molecular flexibility index (Phi) is 4.71. The largest absolute Gasteiger partial charge is 0.481 e. The number of nitrogens with zero attached hydrogens (tertiary/aromatic N) is 2. The summed E-state index contributed by atoms with van der Waals surface area (Å²) in [5.74, 6) is -1.24. The van der Waals surface area contributed by atoms with Crippen LogP contribution < -0.4 is 5.32 Å². The van der Waals surface area contributed by atoms with Crippen molar-refractivity contribution in [1.29, 1.82) is 0 Å². The Morgan fingerprint density at radius 3 is 2.71 bits per heavy atom. The summed E-state index contributed by atoms with van der Waals surface area (Å²) in [6, 6.07) is 7.73. The van der Waals surface area contributed by atoms with Gasteiger partial charge in [-0.2, -0.15) is 5.10 Å². The van der Waals surface area contributed by atoms with Crippen LogP contribution in [0, 0.1) is 0 Å². The lowest BCUT2D eigenvalue weighted by Crippen LogP contribution is -2.23. The molecule has 2 rings (SSSR count). The standard InChI is InChI=1S/C15H17N3O3/c1-18-10-12(9-17-18)13-5-3-2-4-11(13)8-16-14(19)6-7-15(20)21/h2-5,9-10H,6-8H2,1H3,(H,16,19)(H,20,21). The zero-order valence-electron chi connectivity index (χ0n) is 11.7. The van der Waals surface area contributed by atoms with Gasteiger partial charge in [0.05, 0.1) is 12.6 Å². The van der Waals surface area contributed by atoms with Crippen molar-refractivity contribution in [2.45, 2.75) is 19.4 Å². The second-order valence-electron chi connectivity index (χ2n) is 4.73. The average molecular weight is 287 g/mol. The van der Waals surface area contributed by atoms with Gasteiger partial charge in [0, 0.05) is 31.8 Å². The van der Waals surface area contributed by atoms with Crippen molar-refractivity contribution in [2.75, 3.05) is 0 Å².